The van der Waals surface area contributed by atoms with Crippen molar-refractivity contribution in [3.8, 4) is 0 Å². The predicted molar refractivity (Wildman–Crippen MR) is 129 cm³/mol. The molecule has 2 aliphatic rings. The van der Waals surface area contributed by atoms with Gasteiger partial charge in [0, 0.05) is 50.1 Å². The molecule has 2 fully saturated rings. The third-order valence-corrected chi connectivity index (χ3v) is 6.69. The fourth-order valence-corrected chi connectivity index (χ4v) is 4.85. The van der Waals surface area contributed by atoms with Crippen LogP contribution in [-0.2, 0) is 9.59 Å². The number of anilines is 2. The molecule has 32 heavy (non-hydrogen) atoms. The van der Waals surface area contributed by atoms with Crippen LogP contribution in [0.15, 0.2) is 24.3 Å². The average molecular weight is 438 g/mol. The number of carbonyl (C=O) groups is 2. The van der Waals surface area contributed by atoms with E-state index in [2.05, 4.69) is 33.4 Å². The molecule has 0 bridgehead atoms. The summed E-state index contributed by atoms with van der Waals surface area (Å²) in [6, 6.07) is 7.93. The van der Waals surface area contributed by atoms with Gasteiger partial charge in [-0.15, -0.1) is 0 Å². The Labute approximate surface area is 190 Å². The molecular formula is C25H35N5O2. The smallest absolute Gasteiger partial charge is 0.223 e. The Morgan fingerprint density at radius 2 is 1.81 bits per heavy atom. The van der Waals surface area contributed by atoms with Crippen molar-refractivity contribution in [2.24, 2.45) is 5.92 Å². The van der Waals surface area contributed by atoms with Gasteiger partial charge in [-0.1, -0.05) is 6.42 Å². The van der Waals surface area contributed by atoms with E-state index in [-0.39, 0.29) is 17.7 Å². The first-order valence-electron chi connectivity index (χ1n) is 11.9. The number of hydrogen-bond donors (Lipinski definition) is 2. The third kappa shape index (κ3) is 5.57. The number of amides is 2. The molecule has 2 N–H and O–H groups in total. The van der Waals surface area contributed by atoms with Crippen LogP contribution in [-0.4, -0.2) is 61.0 Å². The second-order valence-corrected chi connectivity index (χ2v) is 9.17. The van der Waals surface area contributed by atoms with E-state index < -0.39 is 0 Å². The number of carbonyl (C=O) groups excluding carboxylic acids is 2. The summed E-state index contributed by atoms with van der Waals surface area (Å²) in [5.41, 5.74) is 2.84. The van der Waals surface area contributed by atoms with Crippen LogP contribution >= 0.6 is 0 Å². The van der Waals surface area contributed by atoms with Crippen molar-refractivity contribution in [3.05, 3.63) is 29.8 Å². The molecule has 4 rings (SSSR count). The Bertz CT molecular complexity index is 962. The minimum atomic E-state index is -0.0787. The first-order chi connectivity index (χ1) is 15.5. The van der Waals surface area contributed by atoms with Crippen LogP contribution < -0.4 is 15.5 Å². The lowest BCUT2D eigenvalue weighted by Gasteiger charge is -2.33. The Kier molecular flexibility index (Phi) is 7.25. The molecule has 2 saturated heterocycles. The Hall–Kier alpha value is -2.67. The fraction of sp³-hybridized carbons (Fsp3) is 0.560. The molecule has 172 valence electrons. The first-order valence-corrected chi connectivity index (χ1v) is 11.9. The predicted octanol–water partition coefficient (Wildman–Crippen LogP) is 3.32. The van der Waals surface area contributed by atoms with E-state index in [4.69, 9.17) is 4.98 Å². The zero-order valence-corrected chi connectivity index (χ0v) is 19.3. The molecule has 7 nitrogen and oxygen atoms in total. The van der Waals surface area contributed by atoms with Crippen molar-refractivity contribution in [3.63, 3.8) is 0 Å². The van der Waals surface area contributed by atoms with Gasteiger partial charge in [0.1, 0.15) is 5.82 Å². The topological polar surface area (TPSA) is 77.6 Å². The Balaban J connectivity index is 1.31. The lowest BCUT2D eigenvalue weighted by Crippen LogP contribution is -2.43. The van der Waals surface area contributed by atoms with Gasteiger partial charge in [-0.3, -0.25) is 9.59 Å². The van der Waals surface area contributed by atoms with Crippen LogP contribution in [0.1, 0.15) is 44.6 Å². The van der Waals surface area contributed by atoms with Crippen molar-refractivity contribution in [2.45, 2.75) is 46.0 Å². The number of rotatable bonds is 6. The molecule has 0 aliphatic carbocycles. The molecule has 0 atom stereocenters. The van der Waals surface area contributed by atoms with E-state index in [1.165, 1.54) is 39.3 Å². The standard InChI is InChI=1S/C25H35N5O2/c1-18-16-24(28-23-7-6-21(17-22(18)23)27-19(2)31)30-13-8-20(9-14-30)25(32)26-10-15-29-11-4-3-5-12-29/h6-7,16-17,20H,3-5,8-15H2,1-2H3,(H,26,32)(H,27,31). The Morgan fingerprint density at radius 1 is 1.06 bits per heavy atom. The van der Waals surface area contributed by atoms with E-state index >= 15 is 0 Å². The second kappa shape index (κ2) is 10.3. The molecule has 0 spiro atoms. The average Bonchev–Trinajstić information content (AvgIpc) is 2.80. The lowest BCUT2D eigenvalue weighted by atomic mass is 9.95. The molecule has 2 aliphatic heterocycles. The molecule has 1 aromatic carbocycles. The number of pyridine rings is 1. The highest BCUT2D eigenvalue weighted by molar-refractivity contribution is 5.93. The number of likely N-dealkylation sites (tertiary alicyclic amines) is 1. The molecule has 2 amide bonds. The highest BCUT2D eigenvalue weighted by Crippen LogP contribution is 2.28. The van der Waals surface area contributed by atoms with Crippen LogP contribution in [0.25, 0.3) is 10.9 Å². The van der Waals surface area contributed by atoms with Crippen molar-refractivity contribution in [1.82, 2.24) is 15.2 Å². The number of aryl methyl sites for hydroxylation is 1. The molecule has 0 saturated carbocycles. The minimum Gasteiger partial charge on any atom is -0.357 e. The number of fused-ring (bicyclic) bond motifs is 1. The summed E-state index contributed by atoms with van der Waals surface area (Å²) in [6.07, 6.45) is 5.62. The summed E-state index contributed by atoms with van der Waals surface area (Å²) < 4.78 is 0. The van der Waals surface area contributed by atoms with E-state index in [1.807, 2.05) is 18.2 Å². The molecule has 3 heterocycles. The van der Waals surface area contributed by atoms with Gasteiger partial charge in [0.25, 0.3) is 0 Å². The minimum absolute atomic E-state index is 0.0787. The maximum Gasteiger partial charge on any atom is 0.223 e. The van der Waals surface area contributed by atoms with Crippen molar-refractivity contribution < 1.29 is 9.59 Å². The summed E-state index contributed by atoms with van der Waals surface area (Å²) in [5.74, 6) is 1.18. The monoisotopic (exact) mass is 437 g/mol. The molecule has 7 heteroatoms. The van der Waals surface area contributed by atoms with Gasteiger partial charge in [0.15, 0.2) is 0 Å². The van der Waals surface area contributed by atoms with Crippen molar-refractivity contribution in [2.75, 3.05) is 49.5 Å². The van der Waals surface area contributed by atoms with E-state index in [0.717, 1.165) is 67.0 Å². The van der Waals surface area contributed by atoms with Gasteiger partial charge in [0.2, 0.25) is 11.8 Å². The highest BCUT2D eigenvalue weighted by Gasteiger charge is 2.26. The first kappa shape index (κ1) is 22.5. The van der Waals surface area contributed by atoms with Crippen LogP contribution in [0.3, 0.4) is 0 Å². The normalized spacial score (nSPS) is 18.0. The summed E-state index contributed by atoms with van der Waals surface area (Å²) in [6.45, 7) is 9.32. The van der Waals surface area contributed by atoms with Gasteiger partial charge in [-0.25, -0.2) is 4.98 Å². The van der Waals surface area contributed by atoms with Crippen molar-refractivity contribution >= 4 is 34.2 Å². The zero-order valence-electron chi connectivity index (χ0n) is 19.3. The fourth-order valence-electron chi connectivity index (χ4n) is 4.85. The quantitative estimate of drug-likeness (QED) is 0.725. The number of nitrogens with one attached hydrogen (secondary N) is 2. The number of piperidine rings is 2. The Morgan fingerprint density at radius 3 is 2.53 bits per heavy atom. The SMILES string of the molecule is CC(=O)Nc1ccc2nc(N3CCC(C(=O)NCCN4CCCCC4)CC3)cc(C)c2c1. The van der Waals surface area contributed by atoms with Gasteiger partial charge >= 0.3 is 0 Å². The van der Waals surface area contributed by atoms with E-state index in [1.54, 1.807) is 0 Å². The van der Waals surface area contributed by atoms with Crippen LogP contribution in [0.5, 0.6) is 0 Å². The molecule has 2 aromatic rings. The molecular weight excluding hydrogens is 402 g/mol. The number of nitrogens with zero attached hydrogens (tertiary/aromatic N) is 3. The lowest BCUT2D eigenvalue weighted by molar-refractivity contribution is -0.125. The van der Waals surface area contributed by atoms with Gasteiger partial charge < -0.3 is 20.4 Å². The second-order valence-electron chi connectivity index (χ2n) is 9.17. The van der Waals surface area contributed by atoms with E-state index in [9.17, 15) is 9.59 Å². The number of aromatic nitrogens is 1. The molecule has 1 aromatic heterocycles. The largest absolute Gasteiger partial charge is 0.357 e. The maximum absolute atomic E-state index is 12.6. The van der Waals surface area contributed by atoms with Gasteiger partial charge in [0.05, 0.1) is 5.52 Å². The van der Waals surface area contributed by atoms with Gasteiger partial charge in [-0.05, 0) is 75.5 Å². The van der Waals surface area contributed by atoms with E-state index in [0.29, 0.717) is 0 Å². The van der Waals surface area contributed by atoms with Crippen LogP contribution in [0, 0.1) is 12.8 Å². The maximum atomic E-state index is 12.6. The van der Waals surface area contributed by atoms with Crippen LogP contribution in [0.2, 0.25) is 0 Å². The molecule has 0 radical (unpaired) electrons. The molecule has 0 unspecified atom stereocenters. The number of hydrogen-bond acceptors (Lipinski definition) is 5. The van der Waals surface area contributed by atoms with Crippen molar-refractivity contribution in [1.29, 1.82) is 0 Å². The summed E-state index contributed by atoms with van der Waals surface area (Å²) in [4.78, 5) is 33.6. The number of benzene rings is 1. The summed E-state index contributed by atoms with van der Waals surface area (Å²) >= 11 is 0. The van der Waals surface area contributed by atoms with Crippen LogP contribution in [0.4, 0.5) is 11.5 Å². The highest BCUT2D eigenvalue weighted by atomic mass is 16.2. The van der Waals surface area contributed by atoms with Gasteiger partial charge in [-0.2, -0.15) is 0 Å². The summed E-state index contributed by atoms with van der Waals surface area (Å²) in [5, 5.41) is 7.04. The third-order valence-electron chi connectivity index (χ3n) is 6.69. The summed E-state index contributed by atoms with van der Waals surface area (Å²) in [7, 11) is 0. The zero-order chi connectivity index (χ0) is 22.5.